The van der Waals surface area contributed by atoms with Gasteiger partial charge in [-0.2, -0.15) is 8.70 Å². The number of nitro benzene ring substituents is 1. The Hall–Kier alpha value is -1.80. The first-order chi connectivity index (χ1) is 8.32. The average molecular weight is 274 g/mol. The van der Waals surface area contributed by atoms with Crippen molar-refractivity contribution in [1.29, 1.82) is 0 Å². The minimum atomic E-state index is -4.12. The first-order valence-corrected chi connectivity index (χ1v) is 6.26. The molecule has 0 aliphatic carbocycles. The molecular formula is C10H11FN2O4S. The maximum Gasteiger partial charge on any atom is 0.324 e. The van der Waals surface area contributed by atoms with Crippen LogP contribution in [0.4, 0.5) is 10.1 Å². The molecule has 0 unspecified atom stereocenters. The Kier molecular flexibility index (Phi) is 4.15. The summed E-state index contributed by atoms with van der Waals surface area (Å²) in [4.78, 5) is 9.01. The summed E-state index contributed by atoms with van der Waals surface area (Å²) in [5.74, 6) is -1.19. The molecule has 1 aromatic rings. The molecule has 0 aliphatic heterocycles. The molecule has 0 fully saturated rings. The Morgan fingerprint density at radius 1 is 1.56 bits per heavy atom. The Labute approximate surface area is 104 Å². The van der Waals surface area contributed by atoms with Crippen LogP contribution in [0.5, 0.6) is 0 Å². The molecule has 1 rings (SSSR count). The number of rotatable bonds is 5. The van der Waals surface area contributed by atoms with E-state index in [9.17, 15) is 22.9 Å². The predicted molar refractivity (Wildman–Crippen MR) is 63.1 cm³/mol. The van der Waals surface area contributed by atoms with Crippen LogP contribution in [-0.4, -0.2) is 31.2 Å². The van der Waals surface area contributed by atoms with E-state index in [1.807, 2.05) is 0 Å². The summed E-state index contributed by atoms with van der Waals surface area (Å²) in [5.41, 5.74) is -1.05. The second-order valence-electron chi connectivity index (χ2n) is 3.42. The van der Waals surface area contributed by atoms with Crippen LogP contribution < -0.4 is 0 Å². The van der Waals surface area contributed by atoms with Crippen molar-refractivity contribution >= 4 is 15.7 Å². The molecule has 98 valence electrons. The number of benzene rings is 1. The van der Waals surface area contributed by atoms with Gasteiger partial charge in [-0.05, 0) is 12.1 Å². The molecule has 0 amide bonds. The van der Waals surface area contributed by atoms with Crippen LogP contribution in [0.1, 0.15) is 0 Å². The van der Waals surface area contributed by atoms with E-state index >= 15 is 0 Å². The standard InChI is InChI=1S/C10H11FN2O4S/c1-3-7-12(2)18(16,17)9-6-4-5-8(11)10(9)13(14)15/h3-6H,1,7H2,2H3. The predicted octanol–water partition coefficient (Wildman–Crippen LogP) is 1.54. The van der Waals surface area contributed by atoms with Gasteiger partial charge < -0.3 is 0 Å². The van der Waals surface area contributed by atoms with Gasteiger partial charge in [0.1, 0.15) is 0 Å². The summed E-state index contributed by atoms with van der Waals surface area (Å²) < 4.78 is 38.2. The first kappa shape index (κ1) is 14.3. The summed E-state index contributed by atoms with van der Waals surface area (Å²) in [5, 5.41) is 10.7. The highest BCUT2D eigenvalue weighted by molar-refractivity contribution is 7.89. The molecule has 6 nitrogen and oxygen atoms in total. The van der Waals surface area contributed by atoms with Gasteiger partial charge in [0, 0.05) is 13.6 Å². The third kappa shape index (κ3) is 2.54. The van der Waals surface area contributed by atoms with Crippen LogP contribution in [0.3, 0.4) is 0 Å². The molecule has 0 N–H and O–H groups in total. The van der Waals surface area contributed by atoms with Crippen LogP contribution in [0.2, 0.25) is 0 Å². The minimum Gasteiger partial charge on any atom is -0.258 e. The van der Waals surface area contributed by atoms with Gasteiger partial charge in [-0.3, -0.25) is 10.1 Å². The first-order valence-electron chi connectivity index (χ1n) is 4.82. The van der Waals surface area contributed by atoms with Crippen molar-refractivity contribution in [2.24, 2.45) is 0 Å². The zero-order valence-corrected chi connectivity index (χ0v) is 10.4. The number of para-hydroxylation sites is 1. The van der Waals surface area contributed by atoms with Crippen molar-refractivity contribution < 1.29 is 17.7 Å². The minimum absolute atomic E-state index is 0.0317. The number of nitro groups is 1. The molecule has 0 saturated carbocycles. The molecule has 18 heavy (non-hydrogen) atoms. The maximum atomic E-state index is 13.3. The summed E-state index contributed by atoms with van der Waals surface area (Å²) in [7, 11) is -2.89. The van der Waals surface area contributed by atoms with Crippen LogP contribution in [-0.2, 0) is 10.0 Å². The van der Waals surface area contributed by atoms with Crippen LogP contribution in [0.15, 0.2) is 35.7 Å². The quantitative estimate of drug-likeness (QED) is 0.463. The van der Waals surface area contributed by atoms with E-state index in [1.165, 1.54) is 13.1 Å². The SMILES string of the molecule is C=CCN(C)S(=O)(=O)c1cccc(F)c1[N+](=O)[O-]. The Bertz CT molecular complexity index is 586. The van der Waals surface area contributed by atoms with E-state index in [4.69, 9.17) is 0 Å². The van der Waals surface area contributed by atoms with Crippen molar-refractivity contribution in [1.82, 2.24) is 4.31 Å². The Balaban J connectivity index is 3.46. The highest BCUT2D eigenvalue weighted by Gasteiger charge is 2.31. The van der Waals surface area contributed by atoms with E-state index in [2.05, 4.69) is 6.58 Å². The fourth-order valence-electron chi connectivity index (χ4n) is 1.33. The van der Waals surface area contributed by atoms with Crippen molar-refractivity contribution in [3.8, 4) is 0 Å². The van der Waals surface area contributed by atoms with Crippen molar-refractivity contribution in [3.05, 3.63) is 46.8 Å². The molecule has 0 aliphatic rings. The Morgan fingerprint density at radius 3 is 2.67 bits per heavy atom. The van der Waals surface area contributed by atoms with E-state index < -0.39 is 31.3 Å². The molecule has 0 bridgehead atoms. The summed E-state index contributed by atoms with van der Waals surface area (Å²) in [6.45, 7) is 3.34. The normalized spacial score (nSPS) is 11.5. The second kappa shape index (κ2) is 5.23. The van der Waals surface area contributed by atoms with E-state index in [0.717, 1.165) is 22.5 Å². The molecule has 1 aromatic carbocycles. The number of nitrogens with zero attached hydrogens (tertiary/aromatic N) is 2. The lowest BCUT2D eigenvalue weighted by Gasteiger charge is -2.15. The van der Waals surface area contributed by atoms with Crippen LogP contribution in [0, 0.1) is 15.9 Å². The number of halogens is 1. The van der Waals surface area contributed by atoms with Crippen LogP contribution >= 0.6 is 0 Å². The molecule has 0 atom stereocenters. The summed E-state index contributed by atoms with van der Waals surface area (Å²) in [6, 6.07) is 2.94. The van der Waals surface area contributed by atoms with E-state index in [0.29, 0.717) is 0 Å². The van der Waals surface area contributed by atoms with Crippen LogP contribution in [0.25, 0.3) is 0 Å². The molecule has 0 heterocycles. The zero-order valence-electron chi connectivity index (χ0n) is 9.54. The zero-order chi connectivity index (χ0) is 13.9. The lowest BCUT2D eigenvalue weighted by atomic mass is 10.3. The number of likely N-dealkylation sites (N-methyl/N-ethyl adjacent to an activating group) is 1. The third-order valence-electron chi connectivity index (χ3n) is 2.21. The van der Waals surface area contributed by atoms with Gasteiger partial charge in [0.05, 0.1) is 4.92 Å². The maximum absolute atomic E-state index is 13.3. The molecule has 0 aromatic heterocycles. The highest BCUT2D eigenvalue weighted by Crippen LogP contribution is 2.28. The molecule has 0 radical (unpaired) electrons. The van der Waals surface area contributed by atoms with Gasteiger partial charge in [0.2, 0.25) is 15.8 Å². The monoisotopic (exact) mass is 274 g/mol. The van der Waals surface area contributed by atoms with Crippen molar-refractivity contribution in [2.75, 3.05) is 13.6 Å². The van der Waals surface area contributed by atoms with Gasteiger partial charge in [0.15, 0.2) is 4.90 Å². The van der Waals surface area contributed by atoms with Crippen molar-refractivity contribution in [2.45, 2.75) is 4.90 Å². The van der Waals surface area contributed by atoms with Gasteiger partial charge in [-0.25, -0.2) is 8.42 Å². The fraction of sp³-hybridized carbons (Fsp3) is 0.200. The van der Waals surface area contributed by atoms with Gasteiger partial charge in [0.25, 0.3) is 0 Å². The smallest absolute Gasteiger partial charge is 0.258 e. The number of sulfonamides is 1. The van der Waals surface area contributed by atoms with E-state index in [1.54, 1.807) is 0 Å². The van der Waals surface area contributed by atoms with Crippen molar-refractivity contribution in [3.63, 3.8) is 0 Å². The summed E-state index contributed by atoms with van der Waals surface area (Å²) in [6.07, 6.45) is 1.32. The van der Waals surface area contributed by atoms with E-state index in [-0.39, 0.29) is 6.54 Å². The van der Waals surface area contributed by atoms with Gasteiger partial charge >= 0.3 is 5.69 Å². The van der Waals surface area contributed by atoms with Gasteiger partial charge in [-0.1, -0.05) is 12.1 Å². The second-order valence-corrected chi connectivity index (χ2v) is 5.43. The summed E-state index contributed by atoms with van der Waals surface area (Å²) >= 11 is 0. The average Bonchev–Trinajstić information content (AvgIpc) is 2.28. The molecular weight excluding hydrogens is 263 g/mol. The molecule has 0 saturated heterocycles. The number of hydrogen-bond donors (Lipinski definition) is 0. The third-order valence-corrected chi connectivity index (χ3v) is 4.06. The number of hydrogen-bond acceptors (Lipinski definition) is 4. The molecule has 8 heteroatoms. The lowest BCUT2D eigenvalue weighted by molar-refractivity contribution is -0.390. The fourth-order valence-corrected chi connectivity index (χ4v) is 2.63. The topological polar surface area (TPSA) is 80.5 Å². The lowest BCUT2D eigenvalue weighted by Crippen LogP contribution is -2.27. The highest BCUT2D eigenvalue weighted by atomic mass is 32.2. The largest absolute Gasteiger partial charge is 0.324 e. The Morgan fingerprint density at radius 2 is 2.17 bits per heavy atom. The van der Waals surface area contributed by atoms with Gasteiger partial charge in [-0.15, -0.1) is 6.58 Å². The molecule has 0 spiro atoms.